The van der Waals surface area contributed by atoms with Gasteiger partial charge in [0.1, 0.15) is 6.23 Å². The van der Waals surface area contributed by atoms with Gasteiger partial charge in [-0.3, -0.25) is 28.4 Å². The topological polar surface area (TPSA) is 178 Å². The lowest BCUT2D eigenvalue weighted by atomic mass is 9.90. The van der Waals surface area contributed by atoms with Crippen molar-refractivity contribution in [1.29, 1.82) is 0 Å². The Balaban J connectivity index is 1.54. The first-order valence-corrected chi connectivity index (χ1v) is 12.0. The van der Waals surface area contributed by atoms with Crippen molar-refractivity contribution in [3.63, 3.8) is 0 Å². The number of imidazole rings is 1. The fourth-order valence-electron chi connectivity index (χ4n) is 4.22. The molecule has 4 heterocycles. The van der Waals surface area contributed by atoms with Crippen molar-refractivity contribution in [2.75, 3.05) is 5.73 Å². The summed E-state index contributed by atoms with van der Waals surface area (Å²) >= 11 is 0. The van der Waals surface area contributed by atoms with E-state index in [0.29, 0.717) is 32.1 Å². The van der Waals surface area contributed by atoms with Crippen LogP contribution in [0.2, 0.25) is 0 Å². The Bertz CT molecular complexity index is 1150. The lowest BCUT2D eigenvalue weighted by Crippen LogP contribution is -2.34. The number of aromatic amines is 2. The number of aromatic nitrogens is 4. The molecule has 0 aromatic carbocycles. The number of hydrogen-bond acceptors (Lipinski definition) is 9. The summed E-state index contributed by atoms with van der Waals surface area (Å²) < 4.78 is 31.2. The van der Waals surface area contributed by atoms with Crippen LogP contribution < -0.4 is 17.0 Å². The number of H-pyrrole nitrogens is 2. The number of aliphatic hydroxyl groups is 1. The molecule has 2 aromatic heterocycles. The predicted molar refractivity (Wildman–Crippen MR) is 111 cm³/mol. The Morgan fingerprint density at radius 3 is 2.65 bits per heavy atom. The van der Waals surface area contributed by atoms with E-state index in [1.54, 1.807) is 6.92 Å². The van der Waals surface area contributed by atoms with Gasteiger partial charge in [0.2, 0.25) is 5.95 Å². The Kier molecular flexibility index (Phi) is 5.42. The highest BCUT2D eigenvalue weighted by atomic mass is 31.2. The SMILES string of the molecule is CCC(CC)(CC1CC[C@H](n2c(=O)[nH]c3c(=O)[nH]c(N)nc32)O1)OP1(=O)OC1(O)CC. The number of nitrogen functional groups attached to an aromatic ring is 1. The maximum Gasteiger partial charge on any atom is 0.393 e. The van der Waals surface area contributed by atoms with Gasteiger partial charge in [-0.25, -0.2) is 9.36 Å². The van der Waals surface area contributed by atoms with Crippen LogP contribution in [0.1, 0.15) is 65.5 Å². The van der Waals surface area contributed by atoms with E-state index in [2.05, 4.69) is 15.0 Å². The molecule has 31 heavy (non-hydrogen) atoms. The minimum Gasteiger partial charge on any atom is -0.369 e. The molecule has 0 radical (unpaired) electrons. The van der Waals surface area contributed by atoms with Crippen LogP contribution in [-0.4, -0.2) is 41.9 Å². The Morgan fingerprint density at radius 2 is 2.03 bits per heavy atom. The maximum absolute atomic E-state index is 12.8. The smallest absolute Gasteiger partial charge is 0.369 e. The van der Waals surface area contributed by atoms with Crippen LogP contribution in [0.25, 0.3) is 11.2 Å². The van der Waals surface area contributed by atoms with E-state index in [-0.39, 0.29) is 29.6 Å². The number of hydrogen-bond donors (Lipinski definition) is 4. The second-order valence-corrected chi connectivity index (χ2v) is 10.2. The van der Waals surface area contributed by atoms with Gasteiger partial charge in [0.25, 0.3) is 11.1 Å². The normalized spacial score (nSPS) is 30.8. The van der Waals surface area contributed by atoms with Crippen molar-refractivity contribution >= 4 is 24.7 Å². The van der Waals surface area contributed by atoms with Gasteiger partial charge in [-0.2, -0.15) is 4.98 Å². The monoisotopic (exact) mass is 457 g/mol. The second kappa shape index (κ2) is 7.56. The highest BCUT2D eigenvalue weighted by Crippen LogP contribution is 2.80. The van der Waals surface area contributed by atoms with Gasteiger partial charge in [-0.05, 0) is 25.7 Å². The molecule has 0 spiro atoms. The van der Waals surface area contributed by atoms with E-state index in [9.17, 15) is 19.3 Å². The highest BCUT2D eigenvalue weighted by molar-refractivity contribution is 7.61. The van der Waals surface area contributed by atoms with Gasteiger partial charge in [-0.15, -0.1) is 0 Å². The quantitative estimate of drug-likeness (QED) is 0.340. The Labute approximate surface area is 177 Å². The van der Waals surface area contributed by atoms with Crippen LogP contribution in [0.4, 0.5) is 5.95 Å². The van der Waals surface area contributed by atoms with E-state index in [1.807, 2.05) is 13.8 Å². The largest absolute Gasteiger partial charge is 0.393 e. The summed E-state index contributed by atoms with van der Waals surface area (Å²) in [5, 5.41) is 10.2. The lowest BCUT2D eigenvalue weighted by Gasteiger charge is -2.33. The first-order valence-electron chi connectivity index (χ1n) is 10.5. The number of nitrogens with two attached hydrogens (primary N) is 1. The summed E-state index contributed by atoms with van der Waals surface area (Å²) in [5.74, 6) is -0.0956. The standard InChI is InChI=1S/C18H28N5O7P/c1-4-17(5-2,29-31(27)18(26,6-3)30-31)9-10-7-8-11(28-10)23-13-12(20-16(23)25)14(24)22-15(19)21-13/h10-11,26H,4-9H2,1-3H3,(H,20,25)(H3,19,21,22,24)/t10?,11-,18?,31?/m1/s1. The fraction of sp³-hybridized carbons (Fsp3) is 0.722. The summed E-state index contributed by atoms with van der Waals surface area (Å²) in [7, 11) is -3.59. The second-order valence-electron chi connectivity index (χ2n) is 8.11. The van der Waals surface area contributed by atoms with E-state index < -0.39 is 36.2 Å². The minimum atomic E-state index is -3.59. The first kappa shape index (κ1) is 22.2. The molecule has 4 atom stereocenters. The molecule has 5 N–H and O–H groups in total. The molecular formula is C18H28N5O7P. The lowest BCUT2D eigenvalue weighted by molar-refractivity contribution is -0.0468. The molecule has 2 aliphatic heterocycles. The van der Waals surface area contributed by atoms with E-state index in [4.69, 9.17) is 19.5 Å². The van der Waals surface area contributed by atoms with Crippen LogP contribution in [0.15, 0.2) is 9.59 Å². The molecule has 2 saturated heterocycles. The molecule has 0 bridgehead atoms. The van der Waals surface area contributed by atoms with Crippen molar-refractivity contribution < 1.29 is 23.5 Å². The molecule has 172 valence electrons. The minimum absolute atomic E-state index is 0.0360. The van der Waals surface area contributed by atoms with Gasteiger partial charge >= 0.3 is 13.3 Å². The Morgan fingerprint density at radius 1 is 1.32 bits per heavy atom. The number of nitrogens with zero attached hydrogens (tertiary/aromatic N) is 2. The molecule has 2 fully saturated rings. The zero-order valence-corrected chi connectivity index (χ0v) is 18.6. The van der Waals surface area contributed by atoms with Gasteiger partial charge in [0.05, 0.1) is 11.7 Å². The summed E-state index contributed by atoms with van der Waals surface area (Å²) in [6, 6.07) is 0. The molecule has 3 unspecified atom stereocenters. The predicted octanol–water partition coefficient (Wildman–Crippen LogP) is 1.92. The number of anilines is 1. The average molecular weight is 457 g/mol. The number of fused-ring (bicyclic) bond motifs is 1. The maximum atomic E-state index is 12.8. The summed E-state index contributed by atoms with van der Waals surface area (Å²) in [6.45, 7) is 5.51. The summed E-state index contributed by atoms with van der Waals surface area (Å²) in [6.07, 6.45) is 1.89. The first-order chi connectivity index (χ1) is 14.6. The van der Waals surface area contributed by atoms with Gasteiger partial charge in [0, 0.05) is 12.8 Å². The molecule has 4 rings (SSSR count). The van der Waals surface area contributed by atoms with Crippen molar-refractivity contribution in [3.8, 4) is 0 Å². The number of rotatable bonds is 8. The van der Waals surface area contributed by atoms with E-state index in [1.165, 1.54) is 4.57 Å². The third-order valence-electron chi connectivity index (χ3n) is 6.30. The Hall–Kier alpha value is -1.98. The zero-order chi connectivity index (χ0) is 22.6. The van der Waals surface area contributed by atoms with Gasteiger partial charge in [0.15, 0.2) is 11.2 Å². The van der Waals surface area contributed by atoms with Crippen LogP contribution in [0, 0.1) is 0 Å². The zero-order valence-electron chi connectivity index (χ0n) is 17.7. The molecule has 0 aliphatic carbocycles. The van der Waals surface area contributed by atoms with Crippen molar-refractivity contribution in [3.05, 3.63) is 20.8 Å². The van der Waals surface area contributed by atoms with Crippen LogP contribution in [0.3, 0.4) is 0 Å². The van der Waals surface area contributed by atoms with Crippen molar-refractivity contribution in [2.24, 2.45) is 0 Å². The fourth-order valence-corrected chi connectivity index (χ4v) is 6.30. The van der Waals surface area contributed by atoms with Crippen LogP contribution in [0.5, 0.6) is 0 Å². The molecule has 0 amide bonds. The molecular weight excluding hydrogens is 429 g/mol. The molecule has 13 heteroatoms. The number of nitrogens with one attached hydrogen (secondary N) is 2. The van der Waals surface area contributed by atoms with Gasteiger partial charge < -0.3 is 15.6 Å². The molecule has 12 nitrogen and oxygen atoms in total. The van der Waals surface area contributed by atoms with Crippen molar-refractivity contribution in [1.82, 2.24) is 19.5 Å². The molecule has 2 aromatic rings. The van der Waals surface area contributed by atoms with Crippen LogP contribution in [-0.2, 0) is 18.3 Å². The van der Waals surface area contributed by atoms with Crippen molar-refractivity contribution in [2.45, 2.75) is 82.8 Å². The summed E-state index contributed by atoms with van der Waals surface area (Å²) in [5.41, 5.74) is 2.24. The molecule has 2 aliphatic rings. The van der Waals surface area contributed by atoms with Gasteiger partial charge in [-0.1, -0.05) is 20.8 Å². The van der Waals surface area contributed by atoms with Crippen LogP contribution >= 0.6 is 7.60 Å². The van der Waals surface area contributed by atoms with E-state index >= 15 is 0 Å². The third kappa shape index (κ3) is 3.66. The third-order valence-corrected chi connectivity index (χ3v) is 8.56. The number of ether oxygens (including phenoxy) is 1. The molecule has 0 saturated carbocycles. The average Bonchev–Trinajstić information content (AvgIpc) is 3.04. The summed E-state index contributed by atoms with van der Waals surface area (Å²) in [4.78, 5) is 33.5. The highest BCUT2D eigenvalue weighted by Gasteiger charge is 2.71. The van der Waals surface area contributed by atoms with E-state index in [0.717, 1.165) is 0 Å².